The minimum atomic E-state index is 0.560. The van der Waals surface area contributed by atoms with Gasteiger partial charge in [-0.15, -0.1) is 11.6 Å². The lowest BCUT2D eigenvalue weighted by Gasteiger charge is -2.25. The summed E-state index contributed by atoms with van der Waals surface area (Å²) in [5, 5.41) is 0. The van der Waals surface area contributed by atoms with E-state index in [1.54, 1.807) is 0 Å². The number of hydrogen-bond acceptors (Lipinski definition) is 3. The summed E-state index contributed by atoms with van der Waals surface area (Å²) >= 11 is 5.92. The van der Waals surface area contributed by atoms with Crippen LogP contribution in [0.2, 0.25) is 0 Å². The Hall–Kier alpha value is -0.770. The van der Waals surface area contributed by atoms with Crippen molar-refractivity contribution in [3.8, 4) is 0 Å². The predicted octanol–water partition coefficient (Wildman–Crippen LogP) is 3.61. The van der Waals surface area contributed by atoms with E-state index in [-0.39, 0.29) is 0 Å². The molecule has 114 valence electrons. The molecule has 0 aliphatic carbocycles. The van der Waals surface area contributed by atoms with Crippen LogP contribution in [0.25, 0.3) is 0 Å². The number of nitrogens with zero attached hydrogens (tertiary/aromatic N) is 1. The van der Waals surface area contributed by atoms with Crippen molar-refractivity contribution in [3.05, 3.63) is 29.3 Å². The Bertz CT molecular complexity index is 375. The first-order valence-electron chi connectivity index (χ1n) is 7.28. The van der Waals surface area contributed by atoms with Crippen molar-refractivity contribution in [2.45, 2.75) is 26.7 Å². The van der Waals surface area contributed by atoms with Crippen molar-refractivity contribution in [1.82, 2.24) is 0 Å². The summed E-state index contributed by atoms with van der Waals surface area (Å²) in [6.45, 7) is 10.9. The highest BCUT2D eigenvalue weighted by Crippen LogP contribution is 2.20. The average molecular weight is 300 g/mol. The molecule has 1 aromatic carbocycles. The fraction of sp³-hybridized carbons (Fsp3) is 0.625. The summed E-state index contributed by atoms with van der Waals surface area (Å²) in [4.78, 5) is 2.30. The highest BCUT2D eigenvalue weighted by molar-refractivity contribution is 6.17. The summed E-state index contributed by atoms with van der Waals surface area (Å²) in [7, 11) is 0. The normalized spacial score (nSPS) is 10.8. The molecular weight excluding hydrogens is 274 g/mol. The molecule has 20 heavy (non-hydrogen) atoms. The SMILES string of the molecule is CCOCCN(CCOCC)c1ccc(CCl)c(C)c1. The van der Waals surface area contributed by atoms with Gasteiger partial charge in [-0.3, -0.25) is 0 Å². The number of aryl methyl sites for hydroxylation is 1. The van der Waals surface area contributed by atoms with Gasteiger partial charge in [0.15, 0.2) is 0 Å². The average Bonchev–Trinajstić information content (AvgIpc) is 2.46. The molecule has 3 nitrogen and oxygen atoms in total. The van der Waals surface area contributed by atoms with Crippen LogP contribution in [-0.2, 0) is 15.4 Å². The molecule has 0 amide bonds. The lowest BCUT2D eigenvalue weighted by Crippen LogP contribution is -2.31. The van der Waals surface area contributed by atoms with Gasteiger partial charge in [0.25, 0.3) is 0 Å². The lowest BCUT2D eigenvalue weighted by molar-refractivity contribution is 0.141. The van der Waals surface area contributed by atoms with E-state index >= 15 is 0 Å². The number of hydrogen-bond donors (Lipinski definition) is 0. The Balaban J connectivity index is 2.71. The van der Waals surface area contributed by atoms with Gasteiger partial charge < -0.3 is 14.4 Å². The minimum absolute atomic E-state index is 0.560. The largest absolute Gasteiger partial charge is 0.380 e. The minimum Gasteiger partial charge on any atom is -0.380 e. The Morgan fingerprint density at radius 1 is 1.05 bits per heavy atom. The van der Waals surface area contributed by atoms with Gasteiger partial charge in [0, 0.05) is 37.9 Å². The number of anilines is 1. The molecule has 0 bridgehead atoms. The molecule has 0 radical (unpaired) electrons. The summed E-state index contributed by atoms with van der Waals surface area (Å²) in [6.07, 6.45) is 0. The van der Waals surface area contributed by atoms with E-state index in [4.69, 9.17) is 21.1 Å². The van der Waals surface area contributed by atoms with Crippen molar-refractivity contribution in [2.75, 3.05) is 44.4 Å². The summed E-state index contributed by atoms with van der Waals surface area (Å²) < 4.78 is 10.9. The predicted molar refractivity (Wildman–Crippen MR) is 85.9 cm³/mol. The molecule has 0 aliphatic heterocycles. The van der Waals surface area contributed by atoms with Gasteiger partial charge in [0.1, 0.15) is 0 Å². The Labute approximate surface area is 127 Å². The Morgan fingerprint density at radius 2 is 1.65 bits per heavy atom. The molecule has 0 saturated heterocycles. The highest BCUT2D eigenvalue weighted by atomic mass is 35.5. The molecule has 1 rings (SSSR count). The summed E-state index contributed by atoms with van der Waals surface area (Å²) in [6, 6.07) is 6.42. The second-order valence-corrected chi connectivity index (χ2v) is 4.89. The van der Waals surface area contributed by atoms with Gasteiger partial charge >= 0.3 is 0 Å². The molecular formula is C16H26ClNO2. The third kappa shape index (κ3) is 5.70. The maximum absolute atomic E-state index is 5.92. The molecule has 0 unspecified atom stereocenters. The molecule has 0 N–H and O–H groups in total. The molecule has 0 aliphatic rings. The molecule has 0 atom stereocenters. The molecule has 4 heteroatoms. The molecule has 0 aromatic heterocycles. The number of benzene rings is 1. The van der Waals surface area contributed by atoms with Gasteiger partial charge in [-0.05, 0) is 44.0 Å². The van der Waals surface area contributed by atoms with Crippen LogP contribution in [0.3, 0.4) is 0 Å². The van der Waals surface area contributed by atoms with E-state index in [1.807, 2.05) is 13.8 Å². The van der Waals surface area contributed by atoms with Crippen molar-refractivity contribution >= 4 is 17.3 Å². The number of alkyl halides is 1. The first kappa shape index (κ1) is 17.3. The van der Waals surface area contributed by atoms with E-state index in [9.17, 15) is 0 Å². The van der Waals surface area contributed by atoms with E-state index in [2.05, 4.69) is 30.0 Å². The topological polar surface area (TPSA) is 21.7 Å². The van der Waals surface area contributed by atoms with E-state index in [0.29, 0.717) is 5.88 Å². The van der Waals surface area contributed by atoms with Crippen LogP contribution in [0, 0.1) is 6.92 Å². The van der Waals surface area contributed by atoms with E-state index in [0.717, 1.165) is 39.5 Å². The maximum atomic E-state index is 5.92. The zero-order valence-electron chi connectivity index (χ0n) is 12.8. The van der Waals surface area contributed by atoms with Gasteiger partial charge in [0.05, 0.1) is 13.2 Å². The fourth-order valence-electron chi connectivity index (χ4n) is 2.03. The molecule has 0 fully saturated rings. The Kier molecular flexibility index (Phi) is 8.67. The quantitative estimate of drug-likeness (QED) is 0.486. The summed E-state index contributed by atoms with van der Waals surface area (Å²) in [5.41, 5.74) is 3.62. The maximum Gasteiger partial charge on any atom is 0.0641 e. The third-order valence-electron chi connectivity index (χ3n) is 3.25. The van der Waals surface area contributed by atoms with Crippen LogP contribution in [0.15, 0.2) is 18.2 Å². The zero-order valence-corrected chi connectivity index (χ0v) is 13.6. The van der Waals surface area contributed by atoms with Crippen molar-refractivity contribution in [1.29, 1.82) is 0 Å². The second kappa shape index (κ2) is 10.0. The van der Waals surface area contributed by atoms with Crippen LogP contribution in [0.4, 0.5) is 5.69 Å². The van der Waals surface area contributed by atoms with Gasteiger partial charge in [-0.2, -0.15) is 0 Å². The summed E-state index contributed by atoms with van der Waals surface area (Å²) in [5.74, 6) is 0.560. The van der Waals surface area contributed by atoms with E-state index < -0.39 is 0 Å². The number of halogens is 1. The van der Waals surface area contributed by atoms with Crippen molar-refractivity contribution in [3.63, 3.8) is 0 Å². The van der Waals surface area contributed by atoms with Gasteiger partial charge in [0.2, 0.25) is 0 Å². The van der Waals surface area contributed by atoms with Crippen LogP contribution < -0.4 is 4.90 Å². The van der Waals surface area contributed by atoms with Crippen LogP contribution in [-0.4, -0.2) is 39.5 Å². The number of rotatable bonds is 10. The molecule has 0 spiro atoms. The molecule has 0 heterocycles. The lowest BCUT2D eigenvalue weighted by atomic mass is 10.1. The third-order valence-corrected chi connectivity index (χ3v) is 3.54. The molecule has 0 saturated carbocycles. The highest BCUT2D eigenvalue weighted by Gasteiger charge is 2.08. The first-order valence-corrected chi connectivity index (χ1v) is 7.82. The van der Waals surface area contributed by atoms with Crippen molar-refractivity contribution < 1.29 is 9.47 Å². The smallest absolute Gasteiger partial charge is 0.0641 e. The first-order chi connectivity index (χ1) is 9.72. The van der Waals surface area contributed by atoms with Crippen LogP contribution in [0.1, 0.15) is 25.0 Å². The van der Waals surface area contributed by atoms with Crippen LogP contribution >= 0.6 is 11.6 Å². The fourth-order valence-corrected chi connectivity index (χ4v) is 2.33. The Morgan fingerprint density at radius 3 is 2.10 bits per heavy atom. The van der Waals surface area contributed by atoms with Gasteiger partial charge in [-0.1, -0.05) is 6.07 Å². The van der Waals surface area contributed by atoms with E-state index in [1.165, 1.54) is 16.8 Å². The monoisotopic (exact) mass is 299 g/mol. The molecule has 1 aromatic rings. The second-order valence-electron chi connectivity index (χ2n) is 4.63. The number of ether oxygens (including phenoxy) is 2. The standard InChI is InChI=1S/C16H26ClNO2/c1-4-19-10-8-18(9-11-20-5-2)16-7-6-15(13-17)14(3)12-16/h6-7,12H,4-5,8-11,13H2,1-3H3. The zero-order chi connectivity index (χ0) is 14.8. The van der Waals surface area contributed by atoms with Crippen molar-refractivity contribution in [2.24, 2.45) is 0 Å². The van der Waals surface area contributed by atoms with Gasteiger partial charge in [-0.25, -0.2) is 0 Å². The van der Waals surface area contributed by atoms with Crippen LogP contribution in [0.5, 0.6) is 0 Å².